The van der Waals surface area contributed by atoms with Gasteiger partial charge in [0.05, 0.1) is 4.90 Å². The fourth-order valence-electron chi connectivity index (χ4n) is 5.30. The minimum Gasteiger partial charge on any atom is -0.338 e. The second-order valence-electron chi connectivity index (χ2n) is 9.88. The molecule has 2 aromatic carbocycles. The van der Waals surface area contributed by atoms with Crippen LogP contribution in [0.15, 0.2) is 47.4 Å². The van der Waals surface area contributed by atoms with Crippen molar-refractivity contribution in [2.45, 2.75) is 43.0 Å². The van der Waals surface area contributed by atoms with Crippen molar-refractivity contribution in [3.63, 3.8) is 0 Å². The molecule has 2 aromatic rings. The number of nitrogens with zero attached hydrogens (tertiary/aromatic N) is 3. The third-order valence-corrected chi connectivity index (χ3v) is 9.51. The minimum absolute atomic E-state index is 0.156. The van der Waals surface area contributed by atoms with Gasteiger partial charge in [-0.25, -0.2) is 13.2 Å². The largest absolute Gasteiger partial charge is 0.338 e. The molecule has 1 aliphatic carbocycles. The maximum atomic E-state index is 13.2. The number of rotatable bonds is 4. The average Bonchev–Trinajstić information content (AvgIpc) is 3.09. The van der Waals surface area contributed by atoms with Gasteiger partial charge >= 0.3 is 6.03 Å². The van der Waals surface area contributed by atoms with E-state index >= 15 is 0 Å². The zero-order valence-electron chi connectivity index (χ0n) is 19.8. The topological polar surface area (TPSA) is 107 Å². The maximum absolute atomic E-state index is 13.2. The molecule has 10 heteroatoms. The highest BCUT2D eigenvalue weighted by Crippen LogP contribution is 2.36. The fourth-order valence-corrected chi connectivity index (χ4v) is 6.76. The summed E-state index contributed by atoms with van der Waals surface area (Å²) in [6, 6.07) is 12.1. The van der Waals surface area contributed by atoms with E-state index < -0.39 is 21.6 Å². The molecule has 3 aliphatic rings. The Bertz CT molecular complexity index is 1280. The van der Waals surface area contributed by atoms with Gasteiger partial charge in [0.25, 0.3) is 5.91 Å². The number of piperazine rings is 1. The van der Waals surface area contributed by atoms with Gasteiger partial charge in [-0.1, -0.05) is 37.3 Å². The van der Waals surface area contributed by atoms with Gasteiger partial charge in [-0.15, -0.1) is 0 Å². The number of carbonyl (C=O) groups excluding carboxylic acids is 3. The van der Waals surface area contributed by atoms with E-state index in [2.05, 4.69) is 12.2 Å². The summed E-state index contributed by atoms with van der Waals surface area (Å²) in [5, 5.41) is 4.65. The maximum Gasteiger partial charge on any atom is 0.325 e. The molecule has 5 rings (SSSR count). The number of amides is 4. The van der Waals surface area contributed by atoms with Crippen LogP contribution in [0.5, 0.6) is 0 Å². The number of imide groups is 1. The number of urea groups is 1. The highest BCUT2D eigenvalue weighted by molar-refractivity contribution is 7.89. The summed E-state index contributed by atoms with van der Waals surface area (Å²) >= 11 is 0. The molecular weight excluding hydrogens is 468 g/mol. The summed E-state index contributed by atoms with van der Waals surface area (Å²) in [7, 11) is -3.70. The predicted molar refractivity (Wildman–Crippen MR) is 130 cm³/mol. The average molecular weight is 499 g/mol. The number of hydrogen-bond donors (Lipinski definition) is 1. The summed E-state index contributed by atoms with van der Waals surface area (Å²) in [6.45, 7) is 2.54. The zero-order valence-corrected chi connectivity index (χ0v) is 20.6. The molecular formula is C25H30N4O5S. The van der Waals surface area contributed by atoms with Crippen molar-refractivity contribution in [1.29, 1.82) is 0 Å². The quantitative estimate of drug-likeness (QED) is 0.651. The van der Waals surface area contributed by atoms with Crippen LogP contribution in [0.25, 0.3) is 10.8 Å². The summed E-state index contributed by atoms with van der Waals surface area (Å²) < 4.78 is 27.7. The standard InChI is InChI=1S/C25H30N4O5S/c1-18-8-10-25(11-9-18)23(31)29(24(32)26-25)17-22(30)27-12-14-28(15-13-27)35(33,34)21-7-6-19-4-2-3-5-20(19)16-21/h2-7,16,18H,8-15,17H2,1H3,(H,26,32). The Labute approximate surface area is 205 Å². The molecule has 2 heterocycles. The van der Waals surface area contributed by atoms with E-state index in [9.17, 15) is 22.8 Å². The first-order valence-corrected chi connectivity index (χ1v) is 13.5. The van der Waals surface area contributed by atoms with Crippen LogP contribution in [0.2, 0.25) is 0 Å². The van der Waals surface area contributed by atoms with Gasteiger partial charge in [0.2, 0.25) is 15.9 Å². The van der Waals surface area contributed by atoms with Crippen LogP contribution >= 0.6 is 0 Å². The molecule has 0 bridgehead atoms. The van der Waals surface area contributed by atoms with Crippen LogP contribution in [-0.4, -0.2) is 78.6 Å². The highest BCUT2D eigenvalue weighted by Gasteiger charge is 2.52. The first-order chi connectivity index (χ1) is 16.7. The predicted octanol–water partition coefficient (Wildman–Crippen LogP) is 2.17. The number of carbonyl (C=O) groups is 3. The van der Waals surface area contributed by atoms with Crippen LogP contribution in [0.1, 0.15) is 32.6 Å². The van der Waals surface area contributed by atoms with Crippen LogP contribution in [-0.2, 0) is 19.6 Å². The van der Waals surface area contributed by atoms with Crippen LogP contribution in [0.3, 0.4) is 0 Å². The highest BCUT2D eigenvalue weighted by atomic mass is 32.2. The third kappa shape index (κ3) is 4.29. The third-order valence-electron chi connectivity index (χ3n) is 7.62. The van der Waals surface area contributed by atoms with Crippen molar-refractivity contribution in [3.05, 3.63) is 42.5 Å². The molecule has 4 amide bonds. The molecule has 1 saturated carbocycles. The molecule has 9 nitrogen and oxygen atoms in total. The first-order valence-electron chi connectivity index (χ1n) is 12.1. The Hall–Kier alpha value is -2.98. The lowest BCUT2D eigenvalue weighted by Crippen LogP contribution is -2.53. The molecule has 0 unspecified atom stereocenters. The Balaban J connectivity index is 1.21. The van der Waals surface area contributed by atoms with Gasteiger partial charge in [-0.05, 0) is 54.5 Å². The van der Waals surface area contributed by atoms with Crippen molar-refractivity contribution in [1.82, 2.24) is 19.4 Å². The normalized spacial score (nSPS) is 25.9. The number of nitrogens with one attached hydrogen (secondary N) is 1. The number of hydrogen-bond acceptors (Lipinski definition) is 5. The SMILES string of the molecule is CC1CCC2(CC1)NC(=O)N(CC(=O)N1CCN(S(=O)(=O)c3ccc4ccccc4c3)CC1)C2=O. The van der Waals surface area contributed by atoms with E-state index in [0.717, 1.165) is 28.5 Å². The monoisotopic (exact) mass is 498 g/mol. The van der Waals surface area contributed by atoms with E-state index in [1.54, 1.807) is 18.2 Å². The molecule has 0 atom stereocenters. The molecule has 2 saturated heterocycles. The van der Waals surface area contributed by atoms with Crippen LogP contribution < -0.4 is 5.32 Å². The van der Waals surface area contributed by atoms with E-state index in [1.165, 1.54) is 9.21 Å². The Morgan fingerprint density at radius 3 is 2.34 bits per heavy atom. The number of sulfonamides is 1. The molecule has 0 radical (unpaired) electrons. The van der Waals surface area contributed by atoms with Crippen molar-refractivity contribution < 1.29 is 22.8 Å². The second kappa shape index (κ2) is 8.91. The van der Waals surface area contributed by atoms with Crippen molar-refractivity contribution in [2.24, 2.45) is 5.92 Å². The fraction of sp³-hybridized carbons (Fsp3) is 0.480. The van der Waals surface area contributed by atoms with Crippen LogP contribution in [0.4, 0.5) is 4.79 Å². The lowest BCUT2D eigenvalue weighted by Gasteiger charge is -2.35. The van der Waals surface area contributed by atoms with E-state index in [4.69, 9.17) is 0 Å². The lowest BCUT2D eigenvalue weighted by molar-refractivity contribution is -0.140. The smallest absolute Gasteiger partial charge is 0.325 e. The van der Waals surface area contributed by atoms with Crippen molar-refractivity contribution in [2.75, 3.05) is 32.7 Å². The molecule has 35 heavy (non-hydrogen) atoms. The molecule has 3 fully saturated rings. The zero-order chi connectivity index (χ0) is 24.8. The molecule has 186 valence electrons. The van der Waals surface area contributed by atoms with Crippen molar-refractivity contribution in [3.8, 4) is 0 Å². The van der Waals surface area contributed by atoms with Gasteiger partial charge in [-0.2, -0.15) is 4.31 Å². The summed E-state index contributed by atoms with van der Waals surface area (Å²) in [5.74, 6) is -0.152. The molecule has 1 spiro atoms. The molecule has 0 aromatic heterocycles. The molecule has 2 aliphatic heterocycles. The Morgan fingerprint density at radius 1 is 1.00 bits per heavy atom. The van der Waals surface area contributed by atoms with Gasteiger partial charge in [0, 0.05) is 26.2 Å². The summed E-state index contributed by atoms with van der Waals surface area (Å²) in [4.78, 5) is 41.3. The van der Waals surface area contributed by atoms with Gasteiger partial charge in [0.15, 0.2) is 0 Å². The lowest BCUT2D eigenvalue weighted by atomic mass is 9.77. The summed E-state index contributed by atoms with van der Waals surface area (Å²) in [6.07, 6.45) is 2.91. The van der Waals surface area contributed by atoms with E-state index in [-0.39, 0.29) is 49.4 Å². The van der Waals surface area contributed by atoms with Gasteiger partial charge in [-0.3, -0.25) is 14.5 Å². The van der Waals surface area contributed by atoms with Gasteiger partial charge < -0.3 is 10.2 Å². The Kier molecular flexibility index (Phi) is 6.04. The van der Waals surface area contributed by atoms with E-state index in [1.807, 2.05) is 24.3 Å². The second-order valence-corrected chi connectivity index (χ2v) is 11.8. The number of benzene rings is 2. The molecule has 1 N–H and O–H groups in total. The minimum atomic E-state index is -3.70. The Morgan fingerprint density at radius 2 is 1.66 bits per heavy atom. The first kappa shape index (κ1) is 23.7. The van der Waals surface area contributed by atoms with Gasteiger partial charge in [0.1, 0.15) is 12.1 Å². The summed E-state index contributed by atoms with van der Waals surface area (Å²) in [5.41, 5.74) is -0.878. The van der Waals surface area contributed by atoms with Crippen molar-refractivity contribution >= 4 is 38.6 Å². The number of fused-ring (bicyclic) bond motifs is 1. The van der Waals surface area contributed by atoms with Crippen LogP contribution in [0, 0.1) is 5.92 Å². The van der Waals surface area contributed by atoms with E-state index in [0.29, 0.717) is 18.8 Å².